The number of aromatic nitrogens is 2. The molecule has 5 heteroatoms. The third kappa shape index (κ3) is 3.37. The van der Waals surface area contributed by atoms with Gasteiger partial charge in [0.25, 0.3) is 0 Å². The Kier molecular flexibility index (Phi) is 5.13. The lowest BCUT2D eigenvalue weighted by atomic mass is 10.1. The average molecular weight is 356 g/mol. The number of methoxy groups -OCH3 is 1. The second-order valence-corrected chi connectivity index (χ2v) is 5.97. The Bertz CT molecular complexity index is 600. The van der Waals surface area contributed by atoms with E-state index in [-0.39, 0.29) is 5.92 Å². The fourth-order valence-electron chi connectivity index (χ4n) is 1.86. The lowest BCUT2D eigenvalue weighted by molar-refractivity contribution is 0.185. The molecule has 3 nitrogen and oxygen atoms in total. The molecule has 0 N–H and O–H groups in total. The van der Waals surface area contributed by atoms with Gasteiger partial charge in [-0.15, -0.1) is 0 Å². The van der Waals surface area contributed by atoms with Crippen molar-refractivity contribution in [2.45, 2.75) is 26.4 Å². The maximum Gasteiger partial charge on any atom is 0.161 e. The van der Waals surface area contributed by atoms with Crippen LogP contribution in [0.5, 0.6) is 0 Å². The zero-order valence-corrected chi connectivity index (χ0v) is 14.0. The normalized spacial score (nSPS) is 11.1. The fraction of sp³-hybridized carbons (Fsp3) is 0.333. The van der Waals surface area contributed by atoms with Crippen LogP contribution in [-0.4, -0.2) is 17.1 Å². The molecule has 0 atom stereocenters. The third-order valence-corrected chi connectivity index (χ3v) is 4.19. The molecular formula is C15H16BrClN2O. The monoisotopic (exact) mass is 354 g/mol. The largest absolute Gasteiger partial charge is 0.380 e. The van der Waals surface area contributed by atoms with Crippen molar-refractivity contribution in [1.82, 2.24) is 9.97 Å². The molecule has 0 saturated carbocycles. The summed E-state index contributed by atoms with van der Waals surface area (Å²) < 4.78 is 5.87. The van der Waals surface area contributed by atoms with Gasteiger partial charge in [-0.3, -0.25) is 0 Å². The van der Waals surface area contributed by atoms with E-state index >= 15 is 0 Å². The number of rotatable bonds is 4. The van der Waals surface area contributed by atoms with Gasteiger partial charge in [0.2, 0.25) is 0 Å². The van der Waals surface area contributed by atoms with Gasteiger partial charge in [-0.1, -0.05) is 49.7 Å². The van der Waals surface area contributed by atoms with Crippen molar-refractivity contribution in [3.8, 4) is 11.4 Å². The average Bonchev–Trinajstić information content (AvgIpc) is 2.42. The van der Waals surface area contributed by atoms with Gasteiger partial charge < -0.3 is 4.74 Å². The maximum absolute atomic E-state index is 6.18. The summed E-state index contributed by atoms with van der Waals surface area (Å²) >= 11 is 9.62. The Labute approximate surface area is 132 Å². The Balaban J connectivity index is 2.42. The van der Waals surface area contributed by atoms with Gasteiger partial charge >= 0.3 is 0 Å². The van der Waals surface area contributed by atoms with E-state index in [1.165, 1.54) is 0 Å². The molecule has 1 aromatic carbocycles. The van der Waals surface area contributed by atoms with Gasteiger partial charge in [0.05, 0.1) is 16.8 Å². The molecule has 0 bridgehead atoms. The van der Waals surface area contributed by atoms with Crippen LogP contribution in [0, 0.1) is 0 Å². The summed E-state index contributed by atoms with van der Waals surface area (Å²) in [5.41, 5.74) is 2.98. The van der Waals surface area contributed by atoms with Crippen molar-refractivity contribution in [2.24, 2.45) is 0 Å². The molecule has 106 valence electrons. The molecular weight excluding hydrogens is 340 g/mol. The van der Waals surface area contributed by atoms with Crippen LogP contribution in [0.1, 0.15) is 31.0 Å². The van der Waals surface area contributed by atoms with E-state index in [9.17, 15) is 0 Å². The Morgan fingerprint density at radius 3 is 2.40 bits per heavy atom. The number of nitrogens with zero attached hydrogens (tertiary/aromatic N) is 2. The second-order valence-electron chi connectivity index (χ2n) is 4.82. The Hall–Kier alpha value is -0.970. The van der Waals surface area contributed by atoms with Crippen molar-refractivity contribution in [3.05, 3.63) is 45.1 Å². The standard InChI is InChI=1S/C15H16BrClN2O/c1-9(2)13-12(16)14(17)19-15(18-13)11-6-4-10(5-7-11)8-20-3/h4-7,9H,8H2,1-3H3. The summed E-state index contributed by atoms with van der Waals surface area (Å²) in [6.45, 7) is 4.75. The van der Waals surface area contributed by atoms with Crippen molar-refractivity contribution < 1.29 is 4.74 Å². The molecule has 0 aliphatic carbocycles. The van der Waals surface area contributed by atoms with Crippen molar-refractivity contribution in [1.29, 1.82) is 0 Å². The predicted molar refractivity (Wildman–Crippen MR) is 85.0 cm³/mol. The molecule has 0 spiro atoms. The summed E-state index contributed by atoms with van der Waals surface area (Å²) in [5.74, 6) is 0.919. The molecule has 0 saturated heterocycles. The van der Waals surface area contributed by atoms with Crippen molar-refractivity contribution in [3.63, 3.8) is 0 Å². The Morgan fingerprint density at radius 1 is 1.20 bits per heavy atom. The summed E-state index contributed by atoms with van der Waals surface area (Å²) in [7, 11) is 1.68. The van der Waals surface area contributed by atoms with Crippen LogP contribution in [0.25, 0.3) is 11.4 Å². The first-order chi connectivity index (χ1) is 9.52. The van der Waals surface area contributed by atoms with Gasteiger partial charge in [0.15, 0.2) is 5.82 Å². The minimum atomic E-state index is 0.274. The smallest absolute Gasteiger partial charge is 0.161 e. The minimum Gasteiger partial charge on any atom is -0.380 e. The Morgan fingerprint density at radius 2 is 1.85 bits per heavy atom. The highest BCUT2D eigenvalue weighted by Gasteiger charge is 2.14. The number of hydrogen-bond donors (Lipinski definition) is 0. The maximum atomic E-state index is 6.18. The number of hydrogen-bond acceptors (Lipinski definition) is 3. The molecule has 0 fully saturated rings. The van der Waals surface area contributed by atoms with Crippen LogP contribution >= 0.6 is 27.5 Å². The zero-order chi connectivity index (χ0) is 14.7. The first-order valence-corrected chi connectivity index (χ1v) is 7.51. The van der Waals surface area contributed by atoms with Gasteiger partial charge in [-0.2, -0.15) is 0 Å². The number of benzene rings is 1. The van der Waals surface area contributed by atoms with Gasteiger partial charge in [-0.05, 0) is 27.4 Å². The highest BCUT2D eigenvalue weighted by atomic mass is 79.9. The molecule has 1 heterocycles. The first kappa shape index (κ1) is 15.4. The van der Waals surface area contributed by atoms with E-state index in [0.29, 0.717) is 17.6 Å². The number of halogens is 2. The molecule has 2 rings (SSSR count). The molecule has 0 radical (unpaired) electrons. The van der Waals surface area contributed by atoms with E-state index in [2.05, 4.69) is 39.7 Å². The first-order valence-electron chi connectivity index (χ1n) is 6.34. The van der Waals surface area contributed by atoms with Crippen LogP contribution in [0.3, 0.4) is 0 Å². The molecule has 2 aromatic rings. The van der Waals surface area contributed by atoms with Crippen LogP contribution in [0.15, 0.2) is 28.7 Å². The third-order valence-electron chi connectivity index (χ3n) is 2.91. The molecule has 0 aliphatic rings. The topological polar surface area (TPSA) is 35.0 Å². The van der Waals surface area contributed by atoms with Gasteiger partial charge in [-0.25, -0.2) is 9.97 Å². The molecule has 1 aromatic heterocycles. The van der Waals surface area contributed by atoms with E-state index < -0.39 is 0 Å². The second kappa shape index (κ2) is 6.66. The van der Waals surface area contributed by atoms with Crippen LogP contribution < -0.4 is 0 Å². The summed E-state index contributed by atoms with van der Waals surface area (Å²) in [5, 5.41) is 0.444. The van der Waals surface area contributed by atoms with Crippen LogP contribution in [-0.2, 0) is 11.3 Å². The molecule has 20 heavy (non-hydrogen) atoms. The van der Waals surface area contributed by atoms with E-state index in [1.807, 2.05) is 24.3 Å². The lowest BCUT2D eigenvalue weighted by Crippen LogP contribution is -2.00. The molecule has 0 amide bonds. The van der Waals surface area contributed by atoms with Gasteiger partial charge in [0.1, 0.15) is 5.15 Å². The zero-order valence-electron chi connectivity index (χ0n) is 11.7. The van der Waals surface area contributed by atoms with Gasteiger partial charge in [0, 0.05) is 12.7 Å². The fourth-order valence-corrected chi connectivity index (χ4v) is 2.68. The summed E-state index contributed by atoms with van der Waals surface area (Å²) in [6, 6.07) is 7.98. The quantitative estimate of drug-likeness (QED) is 0.737. The minimum absolute atomic E-state index is 0.274. The highest BCUT2D eigenvalue weighted by molar-refractivity contribution is 9.10. The predicted octanol–water partition coefficient (Wildman–Crippen LogP) is 4.83. The summed E-state index contributed by atoms with van der Waals surface area (Å²) in [6.07, 6.45) is 0. The van der Waals surface area contributed by atoms with E-state index in [0.717, 1.165) is 21.3 Å². The SMILES string of the molecule is COCc1ccc(-c2nc(Cl)c(Br)c(C(C)C)n2)cc1. The van der Waals surface area contributed by atoms with Crippen molar-refractivity contribution >= 4 is 27.5 Å². The lowest BCUT2D eigenvalue weighted by Gasteiger charge is -2.11. The number of ether oxygens (including phenoxy) is 1. The van der Waals surface area contributed by atoms with E-state index in [1.54, 1.807) is 7.11 Å². The van der Waals surface area contributed by atoms with Crippen molar-refractivity contribution in [2.75, 3.05) is 7.11 Å². The van der Waals surface area contributed by atoms with Crippen LogP contribution in [0.2, 0.25) is 5.15 Å². The highest BCUT2D eigenvalue weighted by Crippen LogP contribution is 2.31. The summed E-state index contributed by atoms with van der Waals surface area (Å²) in [4.78, 5) is 8.94. The molecule has 0 unspecified atom stereocenters. The molecule has 0 aliphatic heterocycles. The van der Waals surface area contributed by atoms with Crippen LogP contribution in [0.4, 0.5) is 0 Å². The van der Waals surface area contributed by atoms with E-state index in [4.69, 9.17) is 16.3 Å².